The monoisotopic (exact) mass is 1130 g/mol. The third kappa shape index (κ3) is 58.3. The Bertz CT molecular complexity index is 1850. The maximum Gasteiger partial charge on any atom is 0.472 e. The van der Waals surface area contributed by atoms with Crippen LogP contribution < -0.4 is 0 Å². The van der Waals surface area contributed by atoms with Crippen molar-refractivity contribution in [3.05, 3.63) is 134 Å². The Morgan fingerprint density at radius 2 is 0.650 bits per heavy atom. The largest absolute Gasteiger partial charge is 0.472 e. The Kier molecular flexibility index (Phi) is 57.4. The molecule has 0 aromatic carbocycles. The van der Waals surface area contributed by atoms with Crippen LogP contribution in [0.1, 0.15) is 239 Å². The van der Waals surface area contributed by atoms with E-state index in [4.69, 9.17) is 23.3 Å². The van der Waals surface area contributed by atoms with E-state index in [1.54, 1.807) is 0 Å². The number of phosphoric ester groups is 1. The first-order valence-corrected chi connectivity index (χ1v) is 32.6. The molecular weight excluding hydrogens is 1020 g/mol. The third-order valence-corrected chi connectivity index (χ3v) is 13.5. The molecule has 2 N–H and O–H groups in total. The van der Waals surface area contributed by atoms with E-state index in [1.807, 2.05) is 0 Å². The van der Waals surface area contributed by atoms with Gasteiger partial charge in [0, 0.05) is 19.3 Å². The zero-order valence-corrected chi connectivity index (χ0v) is 51.1. The predicted octanol–water partition coefficient (Wildman–Crippen LogP) is 18.9. The molecular formula is C68H111O11P. The van der Waals surface area contributed by atoms with Crippen LogP contribution in [0.15, 0.2) is 134 Å². The van der Waals surface area contributed by atoms with E-state index in [0.717, 1.165) is 141 Å². The molecule has 12 heteroatoms. The van der Waals surface area contributed by atoms with Crippen LogP contribution in [0, 0.1) is 0 Å². The van der Waals surface area contributed by atoms with Crippen molar-refractivity contribution in [2.45, 2.75) is 251 Å². The molecule has 80 heavy (non-hydrogen) atoms. The molecule has 0 amide bonds. The molecule has 0 radical (unpaired) electrons. The maximum atomic E-state index is 12.9. The first kappa shape index (κ1) is 75.6. The Morgan fingerprint density at radius 3 is 1.01 bits per heavy atom. The van der Waals surface area contributed by atoms with Crippen LogP contribution in [0.25, 0.3) is 0 Å². The average Bonchev–Trinajstić information content (AvgIpc) is 3.45. The number of aliphatic hydroxyl groups is 1. The molecule has 0 rings (SSSR count). The minimum atomic E-state index is -4.78. The lowest BCUT2D eigenvalue weighted by molar-refractivity contribution is -0.161. The fourth-order valence-corrected chi connectivity index (χ4v) is 8.66. The summed E-state index contributed by atoms with van der Waals surface area (Å²) in [6, 6.07) is 0. The van der Waals surface area contributed by atoms with E-state index < -0.39 is 57.8 Å². The van der Waals surface area contributed by atoms with Crippen molar-refractivity contribution >= 4 is 25.7 Å². The molecule has 0 aromatic heterocycles. The highest BCUT2D eigenvalue weighted by atomic mass is 31.2. The number of carbonyl (C=O) groups excluding carboxylic acids is 3. The first-order chi connectivity index (χ1) is 39.2. The number of phosphoric acid groups is 1. The number of ether oxygens (including phenoxy) is 3. The van der Waals surface area contributed by atoms with E-state index in [-0.39, 0.29) is 25.9 Å². The van der Waals surface area contributed by atoms with Gasteiger partial charge in [-0.15, -0.1) is 0 Å². The molecule has 0 spiro atoms. The number of hydrogen-bond donors (Lipinski definition) is 2. The smallest absolute Gasteiger partial charge is 0.462 e. The number of carbonyl (C=O) groups is 3. The predicted molar refractivity (Wildman–Crippen MR) is 334 cm³/mol. The summed E-state index contributed by atoms with van der Waals surface area (Å²) in [6.07, 6.45) is 76.8. The van der Waals surface area contributed by atoms with Gasteiger partial charge in [0.25, 0.3) is 0 Å². The second-order valence-electron chi connectivity index (χ2n) is 20.1. The van der Waals surface area contributed by atoms with Crippen LogP contribution in [0.4, 0.5) is 0 Å². The van der Waals surface area contributed by atoms with E-state index in [1.165, 1.54) is 38.5 Å². The Hall–Kier alpha value is -4.38. The maximum absolute atomic E-state index is 12.9. The summed E-state index contributed by atoms with van der Waals surface area (Å²) in [5, 5.41) is 9.85. The molecule has 0 aliphatic rings. The van der Waals surface area contributed by atoms with Crippen molar-refractivity contribution < 1.29 is 52.2 Å². The first-order valence-electron chi connectivity index (χ1n) is 31.1. The molecule has 3 unspecified atom stereocenters. The Morgan fingerprint density at radius 1 is 0.362 bits per heavy atom. The molecule has 0 bridgehead atoms. The van der Waals surface area contributed by atoms with Crippen molar-refractivity contribution in [2.24, 2.45) is 0 Å². The van der Waals surface area contributed by atoms with Crippen LogP contribution in [0.3, 0.4) is 0 Å². The van der Waals surface area contributed by atoms with Crippen LogP contribution in [-0.2, 0) is 42.2 Å². The minimum Gasteiger partial charge on any atom is -0.462 e. The normalized spacial score (nSPS) is 14.2. The number of aliphatic hydroxyl groups excluding tert-OH is 1. The van der Waals surface area contributed by atoms with Crippen molar-refractivity contribution in [3.63, 3.8) is 0 Å². The molecule has 454 valence electrons. The van der Waals surface area contributed by atoms with E-state index in [9.17, 15) is 28.9 Å². The van der Waals surface area contributed by atoms with Crippen LogP contribution in [0.5, 0.6) is 0 Å². The summed E-state index contributed by atoms with van der Waals surface area (Å²) in [4.78, 5) is 48.7. The summed E-state index contributed by atoms with van der Waals surface area (Å²) in [5.74, 6) is -1.55. The summed E-state index contributed by atoms with van der Waals surface area (Å²) < 4.78 is 39.6. The van der Waals surface area contributed by atoms with Crippen molar-refractivity contribution in [1.82, 2.24) is 0 Å². The van der Waals surface area contributed by atoms with Gasteiger partial charge in [0.2, 0.25) is 0 Å². The highest BCUT2D eigenvalue weighted by molar-refractivity contribution is 7.47. The molecule has 0 aliphatic carbocycles. The SMILES string of the molecule is CC/C=C\C/C=C\C/C=C\C/C=C\C/C=C\CCCCCC(=O)OCC(COP(=O)(O)OCC(CO)OC(=O)CCCCCCCCC/C=C\C/C=C\CCCCC)OC(=O)CCCCCC/C=C\C/C=C\C/C=C\C/C=C\CC. The van der Waals surface area contributed by atoms with E-state index in [0.29, 0.717) is 19.3 Å². The number of rotatable bonds is 56. The fraction of sp³-hybridized carbons (Fsp3) is 0.632. The van der Waals surface area contributed by atoms with Gasteiger partial charge >= 0.3 is 25.7 Å². The van der Waals surface area contributed by atoms with Gasteiger partial charge in [-0.25, -0.2) is 4.57 Å². The highest BCUT2D eigenvalue weighted by Crippen LogP contribution is 2.43. The molecule has 0 saturated heterocycles. The van der Waals surface area contributed by atoms with Gasteiger partial charge in [0.05, 0.1) is 19.8 Å². The summed E-state index contributed by atoms with van der Waals surface area (Å²) in [7, 11) is -4.78. The lowest BCUT2D eigenvalue weighted by Crippen LogP contribution is -2.30. The standard InChI is InChI=1S/C68H111O11P/c1-4-7-10-13-16-19-22-25-28-31-32-35-36-39-42-45-48-51-54-57-66(70)75-61-65(79-68(72)59-56-53-50-47-44-41-38-34-30-27-24-21-18-15-12-9-6-3)63-77-80(73,74)76-62-64(60-69)78-67(71)58-55-52-49-46-43-40-37-33-29-26-23-20-17-14-11-8-5-2/h7,9-10,12,16-21,25-30,32,35,38-39,41-42,64-65,69H,4-6,8,11,13-15,22-24,31,33-34,36-37,40,43-63H2,1-3H3,(H,73,74)/b10-7-,12-9-,19-16-,20-17-,21-18-,28-25-,29-26-,30-27-,35-32-,41-38-,42-39-. The van der Waals surface area contributed by atoms with E-state index in [2.05, 4.69) is 154 Å². The topological polar surface area (TPSA) is 155 Å². The van der Waals surface area contributed by atoms with Crippen molar-refractivity contribution in [3.8, 4) is 0 Å². The van der Waals surface area contributed by atoms with Gasteiger partial charge in [0.1, 0.15) is 12.7 Å². The van der Waals surface area contributed by atoms with Crippen molar-refractivity contribution in [2.75, 3.05) is 26.4 Å². The molecule has 11 nitrogen and oxygen atoms in total. The number of allylic oxidation sites excluding steroid dienone is 22. The molecule has 3 atom stereocenters. The van der Waals surface area contributed by atoms with Gasteiger partial charge in [-0.05, 0) is 135 Å². The average molecular weight is 1140 g/mol. The Labute approximate surface area is 487 Å². The lowest BCUT2D eigenvalue weighted by atomic mass is 10.1. The molecule has 0 aliphatic heterocycles. The van der Waals surface area contributed by atoms with Gasteiger partial charge in [-0.1, -0.05) is 219 Å². The van der Waals surface area contributed by atoms with Gasteiger partial charge in [-0.3, -0.25) is 23.4 Å². The molecule has 0 saturated carbocycles. The molecule has 0 fully saturated rings. The number of unbranched alkanes of at least 4 members (excludes halogenated alkanes) is 17. The van der Waals surface area contributed by atoms with Crippen molar-refractivity contribution in [1.29, 1.82) is 0 Å². The zero-order chi connectivity index (χ0) is 58.3. The molecule has 0 aromatic rings. The van der Waals surface area contributed by atoms with Gasteiger partial charge < -0.3 is 24.2 Å². The highest BCUT2D eigenvalue weighted by Gasteiger charge is 2.28. The van der Waals surface area contributed by atoms with Crippen LogP contribution in [0.2, 0.25) is 0 Å². The second kappa shape index (κ2) is 60.7. The van der Waals surface area contributed by atoms with E-state index >= 15 is 0 Å². The fourth-order valence-electron chi connectivity index (χ4n) is 7.87. The van der Waals surface area contributed by atoms with Gasteiger partial charge in [0.15, 0.2) is 6.10 Å². The minimum absolute atomic E-state index is 0.124. The second-order valence-corrected chi connectivity index (χ2v) is 21.6. The van der Waals surface area contributed by atoms with Crippen LogP contribution >= 0.6 is 7.82 Å². The number of hydrogen-bond acceptors (Lipinski definition) is 10. The lowest BCUT2D eigenvalue weighted by Gasteiger charge is -2.21. The quantitative estimate of drug-likeness (QED) is 0.0197. The van der Waals surface area contributed by atoms with Crippen LogP contribution in [-0.4, -0.2) is 66.5 Å². The summed E-state index contributed by atoms with van der Waals surface area (Å²) in [5.41, 5.74) is 0. The zero-order valence-electron chi connectivity index (χ0n) is 50.2. The third-order valence-electron chi connectivity index (χ3n) is 12.5. The number of esters is 3. The summed E-state index contributed by atoms with van der Waals surface area (Å²) in [6.45, 7) is 4.32. The Balaban J connectivity index is 4.82. The molecule has 0 heterocycles. The summed E-state index contributed by atoms with van der Waals surface area (Å²) >= 11 is 0. The van der Waals surface area contributed by atoms with Gasteiger partial charge in [-0.2, -0.15) is 0 Å².